The van der Waals surface area contributed by atoms with Crippen molar-refractivity contribution < 1.29 is 14.3 Å². The van der Waals surface area contributed by atoms with E-state index in [4.69, 9.17) is 4.74 Å². The van der Waals surface area contributed by atoms with Crippen LogP contribution in [0.25, 0.3) is 0 Å². The number of rotatable bonds is 6. The lowest BCUT2D eigenvalue weighted by Crippen LogP contribution is -2.39. The van der Waals surface area contributed by atoms with E-state index in [1.807, 2.05) is 47.4 Å². The topological polar surface area (TPSA) is 61.9 Å². The van der Waals surface area contributed by atoms with Gasteiger partial charge >= 0.3 is 0 Å². The lowest BCUT2D eigenvalue weighted by atomic mass is 9.98. The number of anilines is 2. The predicted octanol–water partition coefficient (Wildman–Crippen LogP) is 4.74. The van der Waals surface area contributed by atoms with Gasteiger partial charge in [-0.3, -0.25) is 9.59 Å². The van der Waals surface area contributed by atoms with Crippen molar-refractivity contribution in [2.24, 2.45) is 5.92 Å². The van der Waals surface area contributed by atoms with Gasteiger partial charge in [0.1, 0.15) is 5.75 Å². The number of amides is 2. The van der Waals surface area contributed by atoms with Crippen molar-refractivity contribution >= 4 is 23.2 Å². The van der Waals surface area contributed by atoms with Crippen molar-refractivity contribution in [1.29, 1.82) is 0 Å². The van der Waals surface area contributed by atoms with E-state index in [1.54, 1.807) is 7.11 Å². The van der Waals surface area contributed by atoms with Gasteiger partial charge in [-0.1, -0.05) is 19.1 Å². The number of carbonyl (C=O) groups is 2. The molecule has 0 spiro atoms. The third-order valence-corrected chi connectivity index (χ3v) is 6.80. The average molecular weight is 450 g/mol. The van der Waals surface area contributed by atoms with Crippen LogP contribution in [0.4, 0.5) is 11.4 Å². The number of carbonyl (C=O) groups excluding carboxylic acids is 2. The highest BCUT2D eigenvalue weighted by Gasteiger charge is 2.26. The highest BCUT2D eigenvalue weighted by molar-refractivity contribution is 6.02. The number of piperidine rings is 2. The Bertz CT molecular complexity index is 959. The first-order chi connectivity index (χ1) is 16.0. The van der Waals surface area contributed by atoms with Crippen LogP contribution in [-0.4, -0.2) is 50.0 Å². The van der Waals surface area contributed by atoms with E-state index in [0.29, 0.717) is 17.2 Å². The molecule has 0 unspecified atom stereocenters. The fourth-order valence-electron chi connectivity index (χ4n) is 4.71. The van der Waals surface area contributed by atoms with Gasteiger partial charge in [0.05, 0.1) is 19.1 Å². The van der Waals surface area contributed by atoms with Gasteiger partial charge in [-0.25, -0.2) is 0 Å². The zero-order valence-corrected chi connectivity index (χ0v) is 19.8. The number of ether oxygens (including phenoxy) is 1. The normalized spacial score (nSPS) is 17.0. The SMILES string of the molecule is COc1ccc(CC(=O)Nc2ccc(N3CCCCC3)c(C(=O)N3CCC(C)CC3)c2)cc1. The lowest BCUT2D eigenvalue weighted by molar-refractivity contribution is -0.115. The van der Waals surface area contributed by atoms with Crippen LogP contribution in [0.3, 0.4) is 0 Å². The van der Waals surface area contributed by atoms with Gasteiger partial charge in [0.15, 0.2) is 0 Å². The molecular weight excluding hydrogens is 414 g/mol. The summed E-state index contributed by atoms with van der Waals surface area (Å²) >= 11 is 0. The molecule has 0 aromatic heterocycles. The highest BCUT2D eigenvalue weighted by Crippen LogP contribution is 2.30. The van der Waals surface area contributed by atoms with Crippen LogP contribution in [0.5, 0.6) is 5.75 Å². The average Bonchev–Trinajstić information content (AvgIpc) is 2.85. The summed E-state index contributed by atoms with van der Waals surface area (Å²) in [4.78, 5) is 30.5. The highest BCUT2D eigenvalue weighted by atomic mass is 16.5. The summed E-state index contributed by atoms with van der Waals surface area (Å²) in [6.45, 7) is 5.79. The maximum absolute atomic E-state index is 13.5. The molecule has 2 saturated heterocycles. The molecule has 2 amide bonds. The molecule has 176 valence electrons. The number of benzene rings is 2. The Kier molecular flexibility index (Phi) is 7.53. The molecule has 1 N–H and O–H groups in total. The van der Waals surface area contributed by atoms with Crippen molar-refractivity contribution in [2.75, 3.05) is 43.5 Å². The monoisotopic (exact) mass is 449 g/mol. The van der Waals surface area contributed by atoms with Crippen LogP contribution < -0.4 is 15.0 Å². The van der Waals surface area contributed by atoms with Crippen molar-refractivity contribution in [3.63, 3.8) is 0 Å². The molecular formula is C27H35N3O3. The first-order valence-corrected chi connectivity index (χ1v) is 12.1. The fraction of sp³-hybridized carbons (Fsp3) is 0.481. The summed E-state index contributed by atoms with van der Waals surface area (Å²) in [5.74, 6) is 1.41. The standard InChI is InChI=1S/C27H35N3O3/c1-20-12-16-30(17-13-20)27(32)24-19-22(8-11-25(24)29-14-4-3-5-15-29)28-26(31)18-21-6-9-23(33-2)10-7-21/h6-11,19-20H,3-5,12-18H2,1-2H3,(H,28,31). The van der Waals surface area contributed by atoms with Crippen LogP contribution in [-0.2, 0) is 11.2 Å². The predicted molar refractivity (Wildman–Crippen MR) is 132 cm³/mol. The molecule has 6 heteroatoms. The Balaban J connectivity index is 1.52. The summed E-state index contributed by atoms with van der Waals surface area (Å²) in [6, 6.07) is 13.3. The van der Waals surface area contributed by atoms with Crippen LogP contribution in [0.1, 0.15) is 54.9 Å². The first-order valence-electron chi connectivity index (χ1n) is 12.1. The van der Waals surface area contributed by atoms with Crippen LogP contribution in [0, 0.1) is 5.92 Å². The van der Waals surface area contributed by atoms with E-state index in [0.717, 1.165) is 68.9 Å². The van der Waals surface area contributed by atoms with E-state index in [-0.39, 0.29) is 18.2 Å². The van der Waals surface area contributed by atoms with E-state index >= 15 is 0 Å². The van der Waals surface area contributed by atoms with E-state index in [9.17, 15) is 9.59 Å². The molecule has 2 aromatic carbocycles. The molecule has 0 atom stereocenters. The molecule has 4 rings (SSSR count). The van der Waals surface area contributed by atoms with Crippen LogP contribution in [0.2, 0.25) is 0 Å². The van der Waals surface area contributed by atoms with Gasteiger partial charge in [0.25, 0.3) is 5.91 Å². The number of hydrogen-bond acceptors (Lipinski definition) is 4. The summed E-state index contributed by atoms with van der Waals surface area (Å²) in [7, 11) is 1.62. The van der Waals surface area contributed by atoms with Gasteiger partial charge < -0.3 is 19.9 Å². The lowest BCUT2D eigenvalue weighted by Gasteiger charge is -2.34. The summed E-state index contributed by atoms with van der Waals surface area (Å²) in [5, 5.41) is 2.99. The van der Waals surface area contributed by atoms with Crippen LogP contribution in [0.15, 0.2) is 42.5 Å². The van der Waals surface area contributed by atoms with Crippen molar-refractivity contribution in [2.45, 2.75) is 45.4 Å². The van der Waals surface area contributed by atoms with Gasteiger partial charge in [-0.15, -0.1) is 0 Å². The third kappa shape index (κ3) is 5.86. The second kappa shape index (κ2) is 10.7. The van der Waals surface area contributed by atoms with Gasteiger partial charge in [0.2, 0.25) is 5.91 Å². The Hall–Kier alpha value is -3.02. The number of nitrogens with zero attached hydrogens (tertiary/aromatic N) is 2. The van der Waals surface area contributed by atoms with E-state index in [2.05, 4.69) is 17.1 Å². The molecule has 2 aromatic rings. The van der Waals surface area contributed by atoms with Gasteiger partial charge in [-0.05, 0) is 73.9 Å². The molecule has 0 aliphatic carbocycles. The summed E-state index contributed by atoms with van der Waals surface area (Å²) in [6.07, 6.45) is 5.89. The quantitative estimate of drug-likeness (QED) is 0.692. The molecule has 0 saturated carbocycles. The zero-order valence-electron chi connectivity index (χ0n) is 19.8. The minimum atomic E-state index is -0.101. The second-order valence-corrected chi connectivity index (χ2v) is 9.33. The molecule has 0 radical (unpaired) electrons. The number of methoxy groups -OCH3 is 1. The van der Waals surface area contributed by atoms with Crippen molar-refractivity contribution in [1.82, 2.24) is 4.90 Å². The smallest absolute Gasteiger partial charge is 0.256 e. The molecule has 2 heterocycles. The number of nitrogens with one attached hydrogen (secondary N) is 1. The first kappa shape index (κ1) is 23.1. The van der Waals surface area contributed by atoms with Crippen molar-refractivity contribution in [3.8, 4) is 5.75 Å². The van der Waals surface area contributed by atoms with Gasteiger partial charge in [-0.2, -0.15) is 0 Å². The number of likely N-dealkylation sites (tertiary alicyclic amines) is 1. The largest absolute Gasteiger partial charge is 0.497 e. The molecule has 2 fully saturated rings. The minimum absolute atomic E-state index is 0.0775. The van der Waals surface area contributed by atoms with E-state index in [1.165, 1.54) is 6.42 Å². The summed E-state index contributed by atoms with van der Waals surface area (Å²) < 4.78 is 5.18. The Morgan fingerprint density at radius 3 is 2.33 bits per heavy atom. The van der Waals surface area contributed by atoms with Crippen LogP contribution >= 0.6 is 0 Å². The molecule has 33 heavy (non-hydrogen) atoms. The molecule has 2 aliphatic heterocycles. The summed E-state index contributed by atoms with van der Waals surface area (Å²) in [5.41, 5.74) is 3.28. The Morgan fingerprint density at radius 1 is 0.970 bits per heavy atom. The molecule has 2 aliphatic rings. The zero-order chi connectivity index (χ0) is 23.2. The maximum Gasteiger partial charge on any atom is 0.256 e. The Labute approximate surface area is 196 Å². The van der Waals surface area contributed by atoms with Crippen molar-refractivity contribution in [3.05, 3.63) is 53.6 Å². The Morgan fingerprint density at radius 2 is 1.67 bits per heavy atom. The maximum atomic E-state index is 13.5. The third-order valence-electron chi connectivity index (χ3n) is 6.80. The second-order valence-electron chi connectivity index (χ2n) is 9.33. The minimum Gasteiger partial charge on any atom is -0.497 e. The number of hydrogen-bond donors (Lipinski definition) is 1. The van der Waals surface area contributed by atoms with Gasteiger partial charge in [0, 0.05) is 37.6 Å². The fourth-order valence-corrected chi connectivity index (χ4v) is 4.71. The molecule has 6 nitrogen and oxygen atoms in total. The van der Waals surface area contributed by atoms with E-state index < -0.39 is 0 Å². The molecule has 0 bridgehead atoms.